The summed E-state index contributed by atoms with van der Waals surface area (Å²) < 4.78 is 15.9. The van der Waals surface area contributed by atoms with Gasteiger partial charge in [-0.1, -0.05) is 0 Å². The quantitative estimate of drug-likeness (QED) is 0.652. The van der Waals surface area contributed by atoms with Gasteiger partial charge in [0.25, 0.3) is 0 Å². The minimum Gasteiger partial charge on any atom is -0.495 e. The van der Waals surface area contributed by atoms with Gasteiger partial charge in [0.05, 0.1) is 20.3 Å². The number of hydrogen-bond acceptors (Lipinski definition) is 6. The summed E-state index contributed by atoms with van der Waals surface area (Å²) in [5.41, 5.74) is 0.398. The van der Waals surface area contributed by atoms with Gasteiger partial charge in [-0.25, -0.2) is 0 Å². The molecule has 0 amide bonds. The molecule has 112 valence electrons. The number of hydrogen-bond donors (Lipinski definition) is 1. The zero-order chi connectivity index (χ0) is 15.6. The Morgan fingerprint density at radius 2 is 2.00 bits per heavy atom. The molecule has 0 aliphatic rings. The Bertz CT molecular complexity index is 669. The van der Waals surface area contributed by atoms with Crippen LogP contribution in [0, 0.1) is 10.1 Å². The van der Waals surface area contributed by atoms with E-state index in [0.29, 0.717) is 21.5 Å². The van der Waals surface area contributed by atoms with Gasteiger partial charge in [0.1, 0.15) is 32.8 Å². The van der Waals surface area contributed by atoms with Crippen LogP contribution in [0.1, 0.15) is 17.4 Å². The number of aliphatic hydroxyl groups is 1. The van der Waals surface area contributed by atoms with Crippen LogP contribution < -0.4 is 9.47 Å². The first-order chi connectivity index (χ1) is 9.99. The van der Waals surface area contributed by atoms with E-state index < -0.39 is 16.9 Å². The largest absolute Gasteiger partial charge is 0.495 e. The number of aliphatic hydroxyl groups excluding tert-OH is 1. The molecule has 0 aliphatic heterocycles. The predicted octanol–water partition coefficient (Wildman–Crippen LogP) is 3.05. The Morgan fingerprint density at radius 1 is 1.29 bits per heavy atom. The van der Waals surface area contributed by atoms with Crippen LogP contribution in [0.5, 0.6) is 11.5 Å². The van der Waals surface area contributed by atoms with Crippen LogP contribution in [-0.2, 0) is 0 Å². The molecule has 0 bridgehead atoms. The molecule has 7 nitrogen and oxygen atoms in total. The fourth-order valence-corrected chi connectivity index (χ4v) is 2.56. The number of ether oxygens (including phenoxy) is 2. The lowest BCUT2D eigenvalue weighted by molar-refractivity contribution is -0.402. The molecule has 1 heterocycles. The molecule has 1 unspecified atom stereocenters. The fraction of sp³-hybridized carbons (Fsp3) is 0.231. The zero-order valence-corrected chi connectivity index (χ0v) is 12.8. The van der Waals surface area contributed by atoms with E-state index in [0.717, 1.165) is 0 Å². The standard InChI is InChI=1S/C13H12BrNO6/c1-19-8-4-3-7(13(20-2)11(8)14)12(16)9-5-6-10(21-9)15(17)18/h3-6,12,16H,1-2H3. The van der Waals surface area contributed by atoms with Crippen LogP contribution in [0.3, 0.4) is 0 Å². The predicted molar refractivity (Wildman–Crippen MR) is 76.7 cm³/mol. The van der Waals surface area contributed by atoms with Gasteiger partial charge in [-0.15, -0.1) is 0 Å². The summed E-state index contributed by atoms with van der Waals surface area (Å²) in [6.07, 6.45) is -1.20. The molecule has 21 heavy (non-hydrogen) atoms. The van der Waals surface area contributed by atoms with Crippen molar-refractivity contribution < 1.29 is 23.9 Å². The summed E-state index contributed by atoms with van der Waals surface area (Å²) in [4.78, 5) is 9.95. The molecule has 2 rings (SSSR count). The minimum absolute atomic E-state index is 0.0528. The molecule has 1 N–H and O–H groups in total. The minimum atomic E-state index is -1.20. The number of rotatable bonds is 5. The highest BCUT2D eigenvalue weighted by atomic mass is 79.9. The second kappa shape index (κ2) is 6.15. The molecule has 0 radical (unpaired) electrons. The van der Waals surface area contributed by atoms with Gasteiger partial charge in [0.15, 0.2) is 0 Å². The van der Waals surface area contributed by atoms with Crippen molar-refractivity contribution in [3.8, 4) is 11.5 Å². The summed E-state index contributed by atoms with van der Waals surface area (Å²) in [6, 6.07) is 5.77. The zero-order valence-electron chi connectivity index (χ0n) is 11.2. The van der Waals surface area contributed by atoms with Crippen molar-refractivity contribution in [1.82, 2.24) is 0 Å². The van der Waals surface area contributed by atoms with E-state index in [4.69, 9.17) is 13.9 Å². The maximum atomic E-state index is 10.6. The van der Waals surface area contributed by atoms with E-state index in [2.05, 4.69) is 15.9 Å². The van der Waals surface area contributed by atoms with E-state index in [1.165, 1.54) is 26.4 Å². The van der Waals surface area contributed by atoms with E-state index in [1.54, 1.807) is 12.1 Å². The molecular formula is C13H12BrNO6. The lowest BCUT2D eigenvalue weighted by Crippen LogP contribution is -2.03. The molecule has 0 saturated heterocycles. The lowest BCUT2D eigenvalue weighted by Gasteiger charge is -2.16. The smallest absolute Gasteiger partial charge is 0.433 e. The Labute approximate surface area is 128 Å². The fourth-order valence-electron chi connectivity index (χ4n) is 1.87. The SMILES string of the molecule is COc1ccc(C(O)c2ccc([N+](=O)[O-])o2)c(OC)c1Br. The van der Waals surface area contributed by atoms with Gasteiger partial charge in [-0.3, -0.25) is 10.1 Å². The van der Waals surface area contributed by atoms with E-state index in [-0.39, 0.29) is 5.76 Å². The molecule has 0 saturated carbocycles. The Kier molecular flexibility index (Phi) is 4.49. The van der Waals surface area contributed by atoms with Crippen LogP contribution in [-0.4, -0.2) is 24.2 Å². The summed E-state index contributed by atoms with van der Waals surface area (Å²) in [7, 11) is 2.95. The van der Waals surface area contributed by atoms with Crippen molar-refractivity contribution in [2.24, 2.45) is 0 Å². The van der Waals surface area contributed by atoms with Gasteiger partial charge in [0, 0.05) is 5.56 Å². The van der Waals surface area contributed by atoms with Gasteiger partial charge in [-0.2, -0.15) is 0 Å². The number of nitrogens with zero attached hydrogens (tertiary/aromatic N) is 1. The van der Waals surface area contributed by atoms with Crippen LogP contribution >= 0.6 is 15.9 Å². The third-order valence-corrected chi connectivity index (χ3v) is 3.62. The molecular weight excluding hydrogens is 346 g/mol. The Hall–Kier alpha value is -2.06. The normalized spacial score (nSPS) is 12.0. The second-order valence-corrected chi connectivity index (χ2v) is 4.83. The molecule has 1 aromatic carbocycles. The first-order valence-electron chi connectivity index (χ1n) is 5.82. The molecule has 0 aliphatic carbocycles. The van der Waals surface area contributed by atoms with Crippen molar-refractivity contribution in [3.05, 3.63) is 50.2 Å². The number of benzene rings is 1. The molecule has 0 fully saturated rings. The molecule has 2 aromatic rings. The van der Waals surface area contributed by atoms with E-state index in [1.807, 2.05) is 0 Å². The number of nitro groups is 1. The highest BCUT2D eigenvalue weighted by Gasteiger charge is 2.24. The van der Waals surface area contributed by atoms with Crippen molar-refractivity contribution >= 4 is 21.8 Å². The maximum Gasteiger partial charge on any atom is 0.433 e. The summed E-state index contributed by atoms with van der Waals surface area (Å²) >= 11 is 3.32. The van der Waals surface area contributed by atoms with Crippen LogP contribution in [0.15, 0.2) is 33.2 Å². The summed E-state index contributed by atoms with van der Waals surface area (Å²) in [5.74, 6) is 0.516. The van der Waals surface area contributed by atoms with Crippen molar-refractivity contribution in [3.63, 3.8) is 0 Å². The third-order valence-electron chi connectivity index (χ3n) is 2.87. The first-order valence-corrected chi connectivity index (χ1v) is 6.61. The lowest BCUT2D eigenvalue weighted by atomic mass is 10.1. The van der Waals surface area contributed by atoms with Crippen LogP contribution in [0.4, 0.5) is 5.88 Å². The first kappa shape index (κ1) is 15.3. The maximum absolute atomic E-state index is 10.6. The number of halogens is 1. The van der Waals surface area contributed by atoms with Crippen LogP contribution in [0.25, 0.3) is 0 Å². The van der Waals surface area contributed by atoms with Gasteiger partial charge >= 0.3 is 5.88 Å². The monoisotopic (exact) mass is 357 g/mol. The van der Waals surface area contributed by atoms with E-state index in [9.17, 15) is 15.2 Å². The van der Waals surface area contributed by atoms with Crippen molar-refractivity contribution in [2.45, 2.75) is 6.10 Å². The Morgan fingerprint density at radius 3 is 2.52 bits per heavy atom. The average molecular weight is 358 g/mol. The molecule has 1 atom stereocenters. The number of methoxy groups -OCH3 is 2. The van der Waals surface area contributed by atoms with Gasteiger partial charge < -0.3 is 19.0 Å². The molecule has 1 aromatic heterocycles. The highest BCUT2D eigenvalue weighted by Crippen LogP contribution is 2.41. The topological polar surface area (TPSA) is 95.0 Å². The summed E-state index contributed by atoms with van der Waals surface area (Å²) in [6.45, 7) is 0. The highest BCUT2D eigenvalue weighted by molar-refractivity contribution is 9.10. The van der Waals surface area contributed by atoms with Gasteiger partial charge in [-0.05, 0) is 34.1 Å². The van der Waals surface area contributed by atoms with E-state index >= 15 is 0 Å². The Balaban J connectivity index is 2.44. The molecule has 0 spiro atoms. The third kappa shape index (κ3) is 2.86. The molecule has 8 heteroatoms. The van der Waals surface area contributed by atoms with Crippen molar-refractivity contribution in [1.29, 1.82) is 0 Å². The summed E-state index contributed by atoms with van der Waals surface area (Å²) in [5, 5.41) is 20.9. The number of furan rings is 1. The van der Waals surface area contributed by atoms with Crippen molar-refractivity contribution in [2.75, 3.05) is 14.2 Å². The van der Waals surface area contributed by atoms with Crippen LogP contribution in [0.2, 0.25) is 0 Å². The average Bonchev–Trinajstić information content (AvgIpc) is 2.96. The second-order valence-electron chi connectivity index (χ2n) is 4.04. The van der Waals surface area contributed by atoms with Gasteiger partial charge in [0.2, 0.25) is 0 Å².